The maximum Gasteiger partial charge on any atom is 0.284 e. The summed E-state index contributed by atoms with van der Waals surface area (Å²) in [4.78, 5) is 25.4. The molecule has 0 fully saturated rings. The van der Waals surface area contributed by atoms with Crippen molar-refractivity contribution in [2.24, 2.45) is 0 Å². The fraction of sp³-hybridized carbons (Fsp3) is 0.188. The normalized spacial score (nSPS) is 10.6. The maximum absolute atomic E-state index is 11.8. The second-order valence-corrected chi connectivity index (χ2v) is 6.90. The van der Waals surface area contributed by atoms with Gasteiger partial charge in [-0.1, -0.05) is 35.5 Å². The third kappa shape index (κ3) is 5.63. The van der Waals surface area contributed by atoms with Gasteiger partial charge in [0.25, 0.3) is 11.6 Å². The lowest BCUT2D eigenvalue weighted by atomic mass is 10.3. The van der Waals surface area contributed by atoms with Gasteiger partial charge in [0.05, 0.1) is 22.1 Å². The Morgan fingerprint density at radius 1 is 1.24 bits per heavy atom. The van der Waals surface area contributed by atoms with Crippen LogP contribution in [0.25, 0.3) is 0 Å². The van der Waals surface area contributed by atoms with Crippen LogP contribution in [-0.4, -0.2) is 36.4 Å². The van der Waals surface area contributed by atoms with Gasteiger partial charge >= 0.3 is 0 Å². The molecule has 9 heteroatoms. The number of likely N-dealkylation sites (N-methyl/N-ethyl adjacent to an activating group) is 1. The van der Waals surface area contributed by atoms with Crippen molar-refractivity contribution in [1.29, 1.82) is 0 Å². The molecule has 7 nitrogen and oxygen atoms in total. The molecule has 0 aliphatic heterocycles. The zero-order valence-electron chi connectivity index (χ0n) is 13.7. The lowest BCUT2D eigenvalue weighted by Crippen LogP contribution is -2.36. The summed E-state index contributed by atoms with van der Waals surface area (Å²) in [6.45, 7) is 0.241. The van der Waals surface area contributed by atoms with Crippen molar-refractivity contribution in [3.05, 3.63) is 57.6 Å². The first kappa shape index (κ1) is 19.0. The number of carbonyl (C=O) groups is 1. The van der Waals surface area contributed by atoms with E-state index in [0.29, 0.717) is 15.6 Å². The smallest absolute Gasteiger partial charge is 0.284 e. The molecule has 1 amide bonds. The molecule has 2 aromatic rings. The molecule has 0 saturated carbocycles. The van der Waals surface area contributed by atoms with E-state index in [4.69, 9.17) is 11.6 Å². The number of hydrogen-bond acceptors (Lipinski definition) is 6. The van der Waals surface area contributed by atoms with Gasteiger partial charge in [-0.2, -0.15) is 0 Å². The van der Waals surface area contributed by atoms with Crippen LogP contribution in [0.3, 0.4) is 0 Å². The monoisotopic (exact) mass is 380 g/mol. The van der Waals surface area contributed by atoms with E-state index in [0.717, 1.165) is 4.90 Å². The minimum atomic E-state index is -0.469. The zero-order chi connectivity index (χ0) is 18.4. The summed E-state index contributed by atoms with van der Waals surface area (Å²) >= 11 is 7.06. The molecule has 2 N–H and O–H groups in total. The van der Waals surface area contributed by atoms with Crippen molar-refractivity contribution >= 4 is 40.6 Å². The molecule has 0 aromatic heterocycles. The molecular formula is C16H17ClN4O3S. The molecule has 0 unspecified atom stereocenters. The van der Waals surface area contributed by atoms with Crippen molar-refractivity contribution in [1.82, 2.24) is 10.3 Å². The van der Waals surface area contributed by atoms with E-state index in [1.165, 1.54) is 17.8 Å². The fourth-order valence-electron chi connectivity index (χ4n) is 1.96. The Labute approximate surface area is 154 Å². The largest absolute Gasteiger partial charge is 0.301 e. The van der Waals surface area contributed by atoms with E-state index in [2.05, 4.69) is 10.9 Å². The van der Waals surface area contributed by atoms with Crippen LogP contribution in [0.4, 0.5) is 11.4 Å². The van der Waals surface area contributed by atoms with Crippen molar-refractivity contribution in [2.45, 2.75) is 9.79 Å². The molecule has 2 rings (SSSR count). The summed E-state index contributed by atoms with van der Waals surface area (Å²) in [5.74, 6) is -0.192. The molecule has 2 aromatic carbocycles. The fourth-order valence-corrected chi connectivity index (χ4v) is 3.11. The molecule has 0 atom stereocenters. The van der Waals surface area contributed by atoms with Gasteiger partial charge < -0.3 is 4.90 Å². The van der Waals surface area contributed by atoms with Crippen LogP contribution < -0.4 is 10.9 Å². The van der Waals surface area contributed by atoms with Crippen LogP contribution in [0, 0.1) is 10.1 Å². The van der Waals surface area contributed by atoms with E-state index >= 15 is 0 Å². The predicted octanol–water partition coefficient (Wildman–Crippen LogP) is 3.40. The Morgan fingerprint density at radius 2 is 1.96 bits per heavy atom. The summed E-state index contributed by atoms with van der Waals surface area (Å²) in [5, 5.41) is 11.5. The van der Waals surface area contributed by atoms with Gasteiger partial charge in [0.2, 0.25) is 0 Å². The Morgan fingerprint density at radius 3 is 2.64 bits per heavy atom. The summed E-state index contributed by atoms with van der Waals surface area (Å²) in [6, 6.07) is 11.7. The number of anilines is 1. The summed E-state index contributed by atoms with van der Waals surface area (Å²) in [5.41, 5.74) is 6.04. The van der Waals surface area contributed by atoms with Gasteiger partial charge in [0.15, 0.2) is 0 Å². The number of benzene rings is 2. The van der Waals surface area contributed by atoms with Crippen molar-refractivity contribution < 1.29 is 9.72 Å². The SMILES string of the molecule is CN(C)CC(=O)NNc1ccccc1Sc1ccc(Cl)cc1[N+](=O)[O-]. The number of halogens is 1. The van der Waals surface area contributed by atoms with Gasteiger partial charge in [-0.15, -0.1) is 0 Å². The lowest BCUT2D eigenvalue weighted by molar-refractivity contribution is -0.387. The van der Waals surface area contributed by atoms with Crippen molar-refractivity contribution in [3.63, 3.8) is 0 Å². The molecule has 132 valence electrons. The molecule has 0 spiro atoms. The molecule has 25 heavy (non-hydrogen) atoms. The van der Waals surface area contributed by atoms with Crippen molar-refractivity contribution in [3.8, 4) is 0 Å². The number of nitrogens with one attached hydrogen (secondary N) is 2. The summed E-state index contributed by atoms with van der Waals surface area (Å²) < 4.78 is 0. The topological polar surface area (TPSA) is 87.5 Å². The number of para-hydroxylation sites is 1. The highest BCUT2D eigenvalue weighted by Gasteiger charge is 2.17. The standard InChI is InChI=1S/C16H17ClN4O3S/c1-20(2)10-16(22)19-18-12-5-3-4-6-14(12)25-15-8-7-11(17)9-13(15)21(23)24/h3-9,18H,10H2,1-2H3,(H,19,22). The van der Waals surface area contributed by atoms with Gasteiger partial charge in [0.1, 0.15) is 0 Å². The Hall–Kier alpha value is -2.29. The van der Waals surface area contributed by atoms with Gasteiger partial charge in [0, 0.05) is 16.0 Å². The minimum Gasteiger partial charge on any atom is -0.301 e. The number of nitro benzene ring substituents is 1. The predicted molar refractivity (Wildman–Crippen MR) is 99.0 cm³/mol. The van der Waals surface area contributed by atoms with E-state index < -0.39 is 4.92 Å². The first-order chi connectivity index (χ1) is 11.9. The Kier molecular flexibility index (Phi) is 6.63. The molecule has 0 radical (unpaired) electrons. The van der Waals surface area contributed by atoms with Crippen LogP contribution in [0.2, 0.25) is 5.02 Å². The van der Waals surface area contributed by atoms with Crippen LogP contribution in [0.15, 0.2) is 52.3 Å². The molecule has 0 heterocycles. The number of hydrazine groups is 1. The molecule has 0 saturated heterocycles. The van der Waals surface area contributed by atoms with Crippen molar-refractivity contribution in [2.75, 3.05) is 26.1 Å². The zero-order valence-corrected chi connectivity index (χ0v) is 15.2. The lowest BCUT2D eigenvalue weighted by Gasteiger charge is -2.14. The van der Waals surface area contributed by atoms with Crippen LogP contribution in [-0.2, 0) is 4.79 Å². The molecular weight excluding hydrogens is 364 g/mol. The number of hydrogen-bond donors (Lipinski definition) is 2. The molecule has 0 aliphatic rings. The third-order valence-electron chi connectivity index (χ3n) is 3.02. The third-order valence-corrected chi connectivity index (χ3v) is 4.40. The molecule has 0 aliphatic carbocycles. The summed E-state index contributed by atoms with van der Waals surface area (Å²) in [7, 11) is 3.59. The highest BCUT2D eigenvalue weighted by molar-refractivity contribution is 7.99. The first-order valence-corrected chi connectivity index (χ1v) is 8.46. The van der Waals surface area contributed by atoms with E-state index in [-0.39, 0.29) is 18.1 Å². The average molecular weight is 381 g/mol. The van der Waals surface area contributed by atoms with Gasteiger partial charge in [-0.25, -0.2) is 0 Å². The first-order valence-electron chi connectivity index (χ1n) is 7.27. The molecule has 0 bridgehead atoms. The Balaban J connectivity index is 2.19. The van der Waals surface area contributed by atoms with Crippen LogP contribution in [0.5, 0.6) is 0 Å². The van der Waals surface area contributed by atoms with Crippen LogP contribution in [0.1, 0.15) is 0 Å². The number of amides is 1. The number of nitrogens with zero attached hydrogens (tertiary/aromatic N) is 2. The number of nitro groups is 1. The maximum atomic E-state index is 11.8. The quantitative estimate of drug-likeness (QED) is 0.565. The van der Waals surface area contributed by atoms with Gasteiger partial charge in [-0.3, -0.25) is 25.8 Å². The summed E-state index contributed by atoms with van der Waals surface area (Å²) in [6.07, 6.45) is 0. The minimum absolute atomic E-state index is 0.0658. The van der Waals surface area contributed by atoms with E-state index in [9.17, 15) is 14.9 Å². The average Bonchev–Trinajstić information content (AvgIpc) is 2.55. The van der Waals surface area contributed by atoms with E-state index in [1.807, 2.05) is 12.1 Å². The second kappa shape index (κ2) is 8.70. The second-order valence-electron chi connectivity index (χ2n) is 5.38. The van der Waals surface area contributed by atoms with Crippen LogP contribution >= 0.6 is 23.4 Å². The number of rotatable bonds is 7. The van der Waals surface area contributed by atoms with E-state index in [1.54, 1.807) is 43.3 Å². The van der Waals surface area contributed by atoms with Gasteiger partial charge in [-0.05, 0) is 38.4 Å². The highest BCUT2D eigenvalue weighted by atomic mass is 35.5. The Bertz CT molecular complexity index is 786. The number of carbonyl (C=O) groups excluding carboxylic acids is 1. The highest BCUT2D eigenvalue weighted by Crippen LogP contribution is 2.39.